The summed E-state index contributed by atoms with van der Waals surface area (Å²) >= 11 is 1.38. The molecule has 0 radical (unpaired) electrons. The Bertz CT molecular complexity index is 1090. The van der Waals surface area contributed by atoms with Gasteiger partial charge in [0.05, 0.1) is 6.61 Å². The van der Waals surface area contributed by atoms with E-state index in [4.69, 9.17) is 9.47 Å². The highest BCUT2D eigenvalue weighted by Gasteiger charge is 2.56. The van der Waals surface area contributed by atoms with Crippen LogP contribution in [-0.4, -0.2) is 47.9 Å². The fourth-order valence-electron chi connectivity index (χ4n) is 3.78. The smallest absolute Gasteiger partial charge is 0.351 e. The van der Waals surface area contributed by atoms with Crippen molar-refractivity contribution in [3.05, 3.63) is 58.7 Å². The summed E-state index contributed by atoms with van der Waals surface area (Å²) in [7, 11) is 0. The minimum absolute atomic E-state index is 0.225. The van der Waals surface area contributed by atoms with Crippen LogP contribution >= 0.6 is 22.6 Å². The molecule has 1 fully saturated rings. The largest absolute Gasteiger partial charge is 0.487 e. The van der Waals surface area contributed by atoms with Crippen molar-refractivity contribution in [2.45, 2.75) is 48.0 Å². The molecule has 3 heterocycles. The van der Waals surface area contributed by atoms with Gasteiger partial charge < -0.3 is 25.0 Å². The first-order chi connectivity index (χ1) is 14.5. The molecule has 0 bridgehead atoms. The minimum Gasteiger partial charge on any atom is -0.487 e. The molecule has 2 aromatic rings. The number of aliphatic hydroxyl groups is 2. The Morgan fingerprint density at radius 2 is 2.19 bits per heavy atom. The zero-order chi connectivity index (χ0) is 22.6. The van der Waals surface area contributed by atoms with Crippen LogP contribution in [0.3, 0.4) is 0 Å². The maximum Gasteiger partial charge on any atom is 0.351 e. The number of aromatic nitrogens is 2. The molecule has 10 heteroatoms. The molecule has 1 aromatic carbocycles. The van der Waals surface area contributed by atoms with Gasteiger partial charge in [-0.25, -0.2) is 9.18 Å². The second kappa shape index (κ2) is 7.84. The Morgan fingerprint density at radius 1 is 1.45 bits per heavy atom. The summed E-state index contributed by atoms with van der Waals surface area (Å²) in [5, 5.41) is 22.2. The van der Waals surface area contributed by atoms with E-state index in [2.05, 4.69) is 16.9 Å². The van der Waals surface area contributed by atoms with Crippen LogP contribution in [-0.2, 0) is 11.2 Å². The molecular weight excluding hydrogens is 520 g/mol. The lowest BCUT2D eigenvalue weighted by atomic mass is 10.0. The van der Waals surface area contributed by atoms with Crippen LogP contribution in [0.15, 0.2) is 41.8 Å². The summed E-state index contributed by atoms with van der Waals surface area (Å²) in [4.78, 5) is 16.5. The zero-order valence-electron chi connectivity index (χ0n) is 17.0. The highest BCUT2D eigenvalue weighted by atomic mass is 127. The number of rotatable bonds is 5. The molecule has 0 amide bonds. The molecule has 0 spiro atoms. The summed E-state index contributed by atoms with van der Waals surface area (Å²) in [6, 6.07) is 7.26. The summed E-state index contributed by atoms with van der Waals surface area (Å²) in [6.45, 7) is 7.48. The van der Waals surface area contributed by atoms with Gasteiger partial charge in [0.2, 0.25) is 3.68 Å². The molecule has 2 aliphatic rings. The Hall–Kier alpha value is -2.02. The lowest BCUT2D eigenvalue weighted by Gasteiger charge is -2.23. The predicted octanol–water partition coefficient (Wildman–Crippen LogP) is 2.39. The van der Waals surface area contributed by atoms with Gasteiger partial charge in [-0.15, -0.1) is 0 Å². The Labute approximate surface area is 191 Å². The average molecular weight is 543 g/mol. The first-order valence-electron chi connectivity index (χ1n) is 9.71. The van der Waals surface area contributed by atoms with Crippen LogP contribution in [0.2, 0.25) is 0 Å². The molecule has 0 saturated carbocycles. The zero-order valence-corrected chi connectivity index (χ0v) is 19.2. The average Bonchev–Trinajstić information content (AvgIpc) is 3.13. The SMILES string of the molecule is C=C(Nc1ccn(C2O[C@H](CO)[C@@H](O)C2(F)I)c(=O)n1)c1ccc2c(c1)OC(C)(C)C2. The van der Waals surface area contributed by atoms with E-state index in [1.165, 1.54) is 34.9 Å². The molecule has 31 heavy (non-hydrogen) atoms. The van der Waals surface area contributed by atoms with Gasteiger partial charge in [0, 0.05) is 23.9 Å². The van der Waals surface area contributed by atoms with Crippen LogP contribution in [0.5, 0.6) is 5.75 Å². The van der Waals surface area contributed by atoms with Crippen molar-refractivity contribution in [1.29, 1.82) is 0 Å². The van der Waals surface area contributed by atoms with Gasteiger partial charge in [-0.3, -0.25) is 4.57 Å². The highest BCUT2D eigenvalue weighted by Crippen LogP contribution is 2.45. The van der Waals surface area contributed by atoms with Gasteiger partial charge in [-0.1, -0.05) is 18.7 Å². The number of nitrogens with one attached hydrogen (secondary N) is 1. The fraction of sp³-hybridized carbons (Fsp3) is 0.429. The Kier molecular flexibility index (Phi) is 5.61. The number of aliphatic hydroxyl groups excluding tert-OH is 2. The van der Waals surface area contributed by atoms with Crippen molar-refractivity contribution >= 4 is 34.1 Å². The van der Waals surface area contributed by atoms with E-state index in [1.807, 2.05) is 32.0 Å². The van der Waals surface area contributed by atoms with E-state index in [0.29, 0.717) is 5.70 Å². The summed E-state index contributed by atoms with van der Waals surface area (Å²) in [5.74, 6) is 1.02. The van der Waals surface area contributed by atoms with Crippen LogP contribution in [0.1, 0.15) is 31.2 Å². The van der Waals surface area contributed by atoms with Gasteiger partial charge in [0.1, 0.15) is 29.4 Å². The maximum absolute atomic E-state index is 14.9. The van der Waals surface area contributed by atoms with E-state index in [1.54, 1.807) is 0 Å². The molecule has 3 N–H and O–H groups in total. The normalized spacial score (nSPS) is 28.8. The molecule has 1 aromatic heterocycles. The van der Waals surface area contributed by atoms with Crippen molar-refractivity contribution in [2.24, 2.45) is 0 Å². The molecule has 1 saturated heterocycles. The molecule has 2 aliphatic heterocycles. The van der Waals surface area contributed by atoms with Crippen LogP contribution in [0.4, 0.5) is 10.2 Å². The summed E-state index contributed by atoms with van der Waals surface area (Å²) < 4.78 is 24.9. The van der Waals surface area contributed by atoms with E-state index >= 15 is 0 Å². The minimum atomic E-state index is -2.30. The van der Waals surface area contributed by atoms with Gasteiger partial charge in [-0.2, -0.15) is 4.98 Å². The van der Waals surface area contributed by atoms with Crippen molar-refractivity contribution < 1.29 is 24.1 Å². The number of halogens is 2. The van der Waals surface area contributed by atoms with Crippen molar-refractivity contribution in [1.82, 2.24) is 9.55 Å². The number of ether oxygens (including phenoxy) is 2. The first-order valence-corrected chi connectivity index (χ1v) is 10.8. The van der Waals surface area contributed by atoms with E-state index in [9.17, 15) is 19.4 Å². The van der Waals surface area contributed by atoms with Gasteiger partial charge in [0.25, 0.3) is 0 Å². The quantitative estimate of drug-likeness (QED) is 0.393. The molecule has 0 aliphatic carbocycles. The second-order valence-corrected chi connectivity index (χ2v) is 9.95. The number of alkyl halides is 2. The Balaban J connectivity index is 1.52. The predicted molar refractivity (Wildman–Crippen MR) is 121 cm³/mol. The van der Waals surface area contributed by atoms with E-state index in [0.717, 1.165) is 27.9 Å². The van der Waals surface area contributed by atoms with Crippen LogP contribution < -0.4 is 15.7 Å². The third kappa shape index (κ3) is 4.09. The number of fused-ring (bicyclic) bond motifs is 1. The van der Waals surface area contributed by atoms with Gasteiger partial charge in [-0.05, 0) is 54.1 Å². The number of nitrogens with zero attached hydrogens (tertiary/aromatic N) is 2. The summed E-state index contributed by atoms with van der Waals surface area (Å²) in [5.41, 5.74) is 1.40. The van der Waals surface area contributed by atoms with Crippen LogP contribution in [0, 0.1) is 0 Å². The topological polar surface area (TPSA) is 106 Å². The van der Waals surface area contributed by atoms with Gasteiger partial charge >= 0.3 is 5.69 Å². The molecule has 4 rings (SSSR count). The lowest BCUT2D eigenvalue weighted by molar-refractivity contribution is -0.0499. The van der Waals surface area contributed by atoms with E-state index < -0.39 is 34.4 Å². The van der Waals surface area contributed by atoms with Crippen LogP contribution in [0.25, 0.3) is 5.70 Å². The molecule has 4 atom stereocenters. The van der Waals surface area contributed by atoms with Crippen molar-refractivity contribution in [3.63, 3.8) is 0 Å². The molecule has 8 nitrogen and oxygen atoms in total. The highest BCUT2D eigenvalue weighted by molar-refractivity contribution is 14.1. The molecule has 166 valence electrons. The summed E-state index contributed by atoms with van der Waals surface area (Å²) in [6.07, 6.45) is -1.99. The second-order valence-electron chi connectivity index (χ2n) is 8.30. The standard InChI is InChI=1S/C21H23FIN3O5/c1-11(12-4-5-13-9-20(2,3)31-14(13)8-12)24-16-6-7-26(19(29)25-16)18-21(22,23)17(28)15(10-27)30-18/h4-8,15,17-18,27-28H,1,9-10H2,2-3H3,(H,24,25,29)/t15-,17-,18?,21?/m1/s1. The number of anilines is 1. The monoisotopic (exact) mass is 543 g/mol. The lowest BCUT2D eigenvalue weighted by Crippen LogP contribution is -2.40. The number of hydrogen-bond acceptors (Lipinski definition) is 7. The fourth-order valence-corrected chi connectivity index (χ4v) is 4.63. The van der Waals surface area contributed by atoms with Gasteiger partial charge in [0.15, 0.2) is 6.23 Å². The molecular formula is C21H23FIN3O5. The third-order valence-electron chi connectivity index (χ3n) is 5.34. The Morgan fingerprint density at radius 3 is 2.84 bits per heavy atom. The first kappa shape index (κ1) is 22.2. The van der Waals surface area contributed by atoms with Crippen molar-refractivity contribution in [3.8, 4) is 5.75 Å². The van der Waals surface area contributed by atoms with E-state index in [-0.39, 0.29) is 11.4 Å². The maximum atomic E-state index is 14.9. The number of benzene rings is 1. The molecule has 2 unspecified atom stereocenters. The number of hydrogen-bond donors (Lipinski definition) is 3. The van der Waals surface area contributed by atoms with Crippen molar-refractivity contribution in [2.75, 3.05) is 11.9 Å². The third-order valence-corrected chi connectivity index (χ3v) is 6.51.